The van der Waals surface area contributed by atoms with Crippen LogP contribution in [0.2, 0.25) is 0 Å². The van der Waals surface area contributed by atoms with Crippen molar-refractivity contribution >= 4 is 23.0 Å². The van der Waals surface area contributed by atoms with Gasteiger partial charge >= 0.3 is 5.97 Å². The van der Waals surface area contributed by atoms with Gasteiger partial charge in [0, 0.05) is 23.8 Å². The minimum atomic E-state index is -1.60. The summed E-state index contributed by atoms with van der Waals surface area (Å²) in [7, 11) is 1.25. The molecule has 1 fully saturated rings. The first-order valence-corrected chi connectivity index (χ1v) is 13.1. The minimum Gasteiger partial charge on any atom is -0.508 e. The zero-order valence-electron chi connectivity index (χ0n) is 23.4. The van der Waals surface area contributed by atoms with E-state index >= 15 is 0 Å². The molecular weight excluding hydrogens is 580 g/mol. The van der Waals surface area contributed by atoms with Crippen LogP contribution in [-0.2, 0) is 9.53 Å². The van der Waals surface area contributed by atoms with E-state index in [9.17, 15) is 35.1 Å². The lowest BCUT2D eigenvalue weighted by atomic mass is 10.00. The summed E-state index contributed by atoms with van der Waals surface area (Å²) in [5, 5.41) is 67.3. The lowest BCUT2D eigenvalue weighted by Crippen LogP contribution is -2.58. The Morgan fingerprint density at radius 1 is 0.886 bits per heavy atom. The summed E-state index contributed by atoms with van der Waals surface area (Å²) < 4.78 is 22.1. The lowest BCUT2D eigenvalue weighted by molar-refractivity contribution is -0.268. The number of methoxy groups -OCH3 is 1. The van der Waals surface area contributed by atoms with Gasteiger partial charge in [-0.05, 0) is 55.0 Å². The third kappa shape index (κ3) is 7.10. The van der Waals surface area contributed by atoms with Crippen LogP contribution in [0.25, 0.3) is 28.4 Å². The smallest absolute Gasteiger partial charge is 0.328 e. The molecule has 4 aromatic rings. The second-order valence-electron chi connectivity index (χ2n) is 9.71. The molecule has 1 aromatic heterocycles. The van der Waals surface area contributed by atoms with E-state index in [0.717, 1.165) is 11.6 Å². The number of phenolic OH excluding ortho intramolecular Hbond substituents is 3. The summed E-state index contributed by atoms with van der Waals surface area (Å²) in [6.07, 6.45) is -4.18. The molecule has 0 amide bonds. The number of hydrogen-bond acceptors (Lipinski definition) is 12. The normalized spacial score (nSPS) is 21.4. The highest BCUT2D eigenvalue weighted by Gasteiger charge is 2.43. The summed E-state index contributed by atoms with van der Waals surface area (Å²) in [4.78, 5) is 22.8. The number of benzene rings is 3. The topological polar surface area (TPSA) is 217 Å². The van der Waals surface area contributed by atoms with E-state index in [1.807, 2.05) is 0 Å². The number of carboxylic acid groups (broad SMARTS) is 1. The van der Waals surface area contributed by atoms with Gasteiger partial charge in [-0.3, -0.25) is 4.79 Å². The van der Waals surface area contributed by atoms with Crippen molar-refractivity contribution < 1.29 is 59.2 Å². The highest BCUT2D eigenvalue weighted by Crippen LogP contribution is 2.43. The third-order valence-electron chi connectivity index (χ3n) is 6.63. The number of rotatable bonds is 6. The van der Waals surface area contributed by atoms with Crippen LogP contribution in [0.15, 0.2) is 76.0 Å². The van der Waals surface area contributed by atoms with Crippen molar-refractivity contribution in [1.82, 2.24) is 0 Å². The standard InChI is InChI=1S/C22H22O10.C9H8O3/c1-9-17(25)19(27)20(28)22(30-9)32-15-8-14-16(18(26)21(15)29-2)12(24)7-13(31-14)10-3-5-11(23)6-4-10;10-8-4-1-7(2-5-8)3-6-9(11)12/h3-9,17,19-20,22-23,25-28H,1-2H3;1-6,10H,(H,11,12). The van der Waals surface area contributed by atoms with Gasteiger partial charge in [0.1, 0.15) is 46.5 Å². The minimum absolute atomic E-state index is 0.0344. The van der Waals surface area contributed by atoms with Gasteiger partial charge in [0.05, 0.1) is 13.2 Å². The summed E-state index contributed by atoms with van der Waals surface area (Å²) in [6, 6.07) is 14.7. The highest BCUT2D eigenvalue weighted by atomic mass is 16.7. The van der Waals surface area contributed by atoms with Crippen LogP contribution < -0.4 is 14.9 Å². The van der Waals surface area contributed by atoms with Crippen LogP contribution in [0.5, 0.6) is 28.7 Å². The average Bonchev–Trinajstić information content (AvgIpc) is 2.99. The summed E-state index contributed by atoms with van der Waals surface area (Å²) >= 11 is 0. The molecule has 5 rings (SSSR count). The number of aliphatic carboxylic acids is 1. The maximum atomic E-state index is 12.7. The summed E-state index contributed by atoms with van der Waals surface area (Å²) in [5.74, 6) is -1.45. The quantitative estimate of drug-likeness (QED) is 0.156. The number of carbonyl (C=O) groups is 1. The molecule has 3 aromatic carbocycles. The fourth-order valence-electron chi connectivity index (χ4n) is 4.30. The van der Waals surface area contributed by atoms with E-state index in [1.54, 1.807) is 24.3 Å². The molecule has 5 unspecified atom stereocenters. The van der Waals surface area contributed by atoms with Crippen molar-refractivity contribution in [3.05, 3.63) is 82.5 Å². The number of aliphatic hydroxyl groups excluding tert-OH is 3. The number of carboxylic acids is 1. The number of fused-ring (bicyclic) bond motifs is 1. The fourth-order valence-corrected chi connectivity index (χ4v) is 4.30. The van der Waals surface area contributed by atoms with Crippen molar-refractivity contribution in [3.8, 4) is 40.1 Å². The van der Waals surface area contributed by atoms with E-state index in [2.05, 4.69) is 0 Å². The monoisotopic (exact) mass is 610 g/mol. The number of hydrogen-bond donors (Lipinski definition) is 7. The molecule has 13 nitrogen and oxygen atoms in total. The van der Waals surface area contributed by atoms with E-state index in [0.29, 0.717) is 5.56 Å². The Morgan fingerprint density at radius 3 is 2.09 bits per heavy atom. The molecule has 0 saturated carbocycles. The Morgan fingerprint density at radius 2 is 1.50 bits per heavy atom. The predicted octanol–water partition coefficient (Wildman–Crippen LogP) is 2.58. The summed E-state index contributed by atoms with van der Waals surface area (Å²) in [5.41, 5.74) is 0.678. The molecule has 0 aliphatic carbocycles. The van der Waals surface area contributed by atoms with Gasteiger partial charge in [0.25, 0.3) is 0 Å². The van der Waals surface area contributed by atoms with Crippen LogP contribution in [0.4, 0.5) is 0 Å². The van der Waals surface area contributed by atoms with Gasteiger partial charge < -0.3 is 54.4 Å². The van der Waals surface area contributed by atoms with Crippen LogP contribution in [0, 0.1) is 0 Å². The first kappa shape index (κ1) is 31.8. The first-order valence-electron chi connectivity index (χ1n) is 13.1. The van der Waals surface area contributed by atoms with Crippen LogP contribution in [-0.4, -0.2) is 79.5 Å². The van der Waals surface area contributed by atoms with E-state index in [1.165, 1.54) is 56.5 Å². The number of ether oxygens (including phenoxy) is 3. The molecule has 0 spiro atoms. The Hall–Kier alpha value is -5.08. The van der Waals surface area contributed by atoms with Gasteiger partial charge in [-0.2, -0.15) is 0 Å². The Labute approximate surface area is 249 Å². The zero-order chi connectivity index (χ0) is 32.1. The largest absolute Gasteiger partial charge is 0.508 e. The Bertz CT molecular complexity index is 1690. The van der Waals surface area contributed by atoms with Gasteiger partial charge in [0.2, 0.25) is 12.0 Å². The molecular formula is C31H30O13. The molecule has 1 aliphatic heterocycles. The molecule has 0 bridgehead atoms. The highest BCUT2D eigenvalue weighted by molar-refractivity contribution is 5.89. The molecule has 7 N–H and O–H groups in total. The maximum Gasteiger partial charge on any atom is 0.328 e. The van der Waals surface area contributed by atoms with Crippen molar-refractivity contribution in [3.63, 3.8) is 0 Å². The fraction of sp³-hybridized carbons (Fsp3) is 0.226. The molecule has 13 heteroatoms. The Balaban J connectivity index is 0.000000309. The number of aromatic hydroxyl groups is 3. The molecule has 1 aliphatic rings. The van der Waals surface area contributed by atoms with Gasteiger partial charge in [-0.15, -0.1) is 0 Å². The second-order valence-corrected chi connectivity index (χ2v) is 9.71. The maximum absolute atomic E-state index is 12.7. The SMILES string of the molecule is COc1c(OC2OC(C)C(O)C(O)C2O)cc2oc(-c3ccc(O)cc3)cc(=O)c2c1O.O=C(O)C=Cc1ccc(O)cc1. The van der Waals surface area contributed by atoms with Crippen molar-refractivity contribution in [2.45, 2.75) is 37.6 Å². The third-order valence-corrected chi connectivity index (χ3v) is 6.63. The average molecular weight is 611 g/mol. The van der Waals surface area contributed by atoms with Gasteiger partial charge in [-0.25, -0.2) is 4.79 Å². The van der Waals surface area contributed by atoms with E-state index < -0.39 is 47.9 Å². The predicted molar refractivity (Wildman–Crippen MR) is 156 cm³/mol. The molecule has 5 atom stereocenters. The Kier molecular flexibility index (Phi) is 9.76. The van der Waals surface area contributed by atoms with Crippen molar-refractivity contribution in [2.24, 2.45) is 0 Å². The molecule has 0 radical (unpaired) electrons. The zero-order valence-corrected chi connectivity index (χ0v) is 23.4. The van der Waals surface area contributed by atoms with E-state index in [-0.39, 0.29) is 39.7 Å². The lowest BCUT2D eigenvalue weighted by Gasteiger charge is -2.39. The molecule has 232 valence electrons. The van der Waals surface area contributed by atoms with Gasteiger partial charge in [-0.1, -0.05) is 12.1 Å². The molecule has 2 heterocycles. The molecule has 44 heavy (non-hydrogen) atoms. The van der Waals surface area contributed by atoms with Crippen molar-refractivity contribution in [2.75, 3.05) is 7.11 Å². The van der Waals surface area contributed by atoms with E-state index in [4.69, 9.17) is 28.8 Å². The van der Waals surface area contributed by atoms with Crippen LogP contribution in [0.3, 0.4) is 0 Å². The number of aliphatic hydroxyl groups is 3. The van der Waals surface area contributed by atoms with Crippen LogP contribution >= 0.6 is 0 Å². The van der Waals surface area contributed by atoms with Gasteiger partial charge in [0.15, 0.2) is 16.9 Å². The molecule has 1 saturated heterocycles. The van der Waals surface area contributed by atoms with Crippen molar-refractivity contribution in [1.29, 1.82) is 0 Å². The second kappa shape index (κ2) is 13.5. The van der Waals surface area contributed by atoms with Crippen LogP contribution in [0.1, 0.15) is 12.5 Å². The number of phenols is 3. The summed E-state index contributed by atoms with van der Waals surface area (Å²) in [6.45, 7) is 1.49. The first-order chi connectivity index (χ1) is 20.9.